The molecule has 2 heterocycles. The Morgan fingerprint density at radius 2 is 1.77 bits per heavy atom. The lowest BCUT2D eigenvalue weighted by Gasteiger charge is -2.38. The van der Waals surface area contributed by atoms with E-state index in [9.17, 15) is 36.5 Å². The van der Waals surface area contributed by atoms with E-state index < -0.39 is 38.1 Å². The number of fused-ring (bicyclic) bond motifs is 1. The molecule has 1 saturated heterocycles. The molecule has 2 aliphatic rings. The van der Waals surface area contributed by atoms with E-state index in [4.69, 9.17) is 0 Å². The number of sulfone groups is 1. The van der Waals surface area contributed by atoms with Gasteiger partial charge < -0.3 is 4.90 Å². The van der Waals surface area contributed by atoms with E-state index in [-0.39, 0.29) is 33.7 Å². The fraction of sp³-hybridized carbons (Fsp3) is 0.619. The van der Waals surface area contributed by atoms with Crippen molar-refractivity contribution in [2.75, 3.05) is 43.9 Å². The van der Waals surface area contributed by atoms with Crippen LogP contribution in [0.25, 0.3) is 10.1 Å². The molecule has 1 aliphatic carbocycles. The smallest absolute Gasteiger partial charge is 0.345 e. The summed E-state index contributed by atoms with van der Waals surface area (Å²) in [6.45, 7) is 3.02. The minimum atomic E-state index is -4.12. The van der Waals surface area contributed by atoms with Crippen LogP contribution in [0.3, 0.4) is 0 Å². The number of anilines is 1. The van der Waals surface area contributed by atoms with Crippen molar-refractivity contribution in [3.05, 3.63) is 32.6 Å². The average molecular weight is 535 g/mol. The number of halogens is 3. The lowest BCUT2D eigenvalue weighted by Crippen LogP contribution is -2.48. The highest BCUT2D eigenvalue weighted by Gasteiger charge is 2.41. The third-order valence-electron chi connectivity index (χ3n) is 6.76. The molecule has 0 N–H and O–H groups in total. The molecule has 1 aromatic carbocycles. The van der Waals surface area contributed by atoms with E-state index in [0.29, 0.717) is 44.2 Å². The number of hydrogen-bond donors (Lipinski definition) is 0. The van der Waals surface area contributed by atoms with Crippen LogP contribution in [0.4, 0.5) is 24.0 Å². The maximum atomic E-state index is 12.9. The summed E-state index contributed by atoms with van der Waals surface area (Å²) in [6.07, 6.45) is -1.76. The number of benzene rings is 1. The van der Waals surface area contributed by atoms with Crippen LogP contribution in [0.5, 0.6) is 0 Å². The number of piperazine rings is 1. The number of aromatic nitrogens is 1. The predicted octanol–water partition coefficient (Wildman–Crippen LogP) is 3.46. The van der Waals surface area contributed by atoms with E-state index in [1.165, 1.54) is 0 Å². The zero-order chi connectivity index (χ0) is 25.5. The Bertz CT molecular complexity index is 1280. The van der Waals surface area contributed by atoms with Gasteiger partial charge in [0.05, 0.1) is 21.1 Å². The Labute approximate surface area is 203 Å². The quantitative estimate of drug-likeness (QED) is 0.423. The van der Waals surface area contributed by atoms with Crippen LogP contribution in [0.1, 0.15) is 25.7 Å². The van der Waals surface area contributed by atoms with Gasteiger partial charge in [0.2, 0.25) is 0 Å². The van der Waals surface area contributed by atoms with Gasteiger partial charge in [-0.1, -0.05) is 11.3 Å². The van der Waals surface area contributed by atoms with Crippen LogP contribution in [0.2, 0.25) is 0 Å². The Hall–Kier alpha value is -2.32. The molecule has 192 valence electrons. The standard InChI is InChI=1S/C21H25F3N4O5S2/c1-35(32,33)15-10-16-18(17(11-15)28(30)31)34-20(25-19(16)29)27-8-6-26(7-9-27)12-13-2-4-14(5-3-13)21(22,23)24/h10-11,13-14H,2-9,12H2,1H3. The maximum absolute atomic E-state index is 12.9. The highest BCUT2D eigenvalue weighted by atomic mass is 32.2. The van der Waals surface area contributed by atoms with E-state index in [1.807, 2.05) is 4.90 Å². The molecular weight excluding hydrogens is 509 g/mol. The van der Waals surface area contributed by atoms with Gasteiger partial charge in [-0.2, -0.15) is 18.2 Å². The number of rotatable bonds is 5. The second kappa shape index (κ2) is 9.62. The normalized spacial score (nSPS) is 22.5. The monoisotopic (exact) mass is 534 g/mol. The fourth-order valence-corrected chi connectivity index (χ4v) is 6.53. The first kappa shape index (κ1) is 25.8. The van der Waals surface area contributed by atoms with Crippen LogP contribution < -0.4 is 10.5 Å². The molecule has 14 heteroatoms. The summed E-state index contributed by atoms with van der Waals surface area (Å²) in [7, 11) is -3.76. The van der Waals surface area contributed by atoms with Gasteiger partial charge in [-0.3, -0.25) is 19.8 Å². The van der Waals surface area contributed by atoms with Crippen LogP contribution in [-0.4, -0.2) is 68.4 Å². The molecule has 1 saturated carbocycles. The molecule has 2 fully saturated rings. The number of nitro groups is 1. The van der Waals surface area contributed by atoms with E-state index in [1.54, 1.807) is 0 Å². The van der Waals surface area contributed by atoms with Crippen molar-refractivity contribution >= 4 is 42.1 Å². The zero-order valence-electron chi connectivity index (χ0n) is 19.0. The van der Waals surface area contributed by atoms with Crippen molar-refractivity contribution in [1.29, 1.82) is 0 Å². The molecular formula is C21H25F3N4O5S2. The molecule has 0 amide bonds. The van der Waals surface area contributed by atoms with Gasteiger partial charge in [-0.05, 0) is 37.7 Å². The third kappa shape index (κ3) is 5.75. The molecule has 1 aromatic heterocycles. The summed E-state index contributed by atoms with van der Waals surface area (Å²) in [4.78, 5) is 31.4. The number of alkyl halides is 3. The minimum Gasteiger partial charge on any atom is -0.345 e. The molecule has 0 spiro atoms. The molecule has 1 aliphatic heterocycles. The van der Waals surface area contributed by atoms with Crippen molar-refractivity contribution < 1.29 is 26.5 Å². The van der Waals surface area contributed by atoms with Crippen LogP contribution in [0, 0.1) is 22.0 Å². The Morgan fingerprint density at radius 3 is 2.31 bits per heavy atom. The van der Waals surface area contributed by atoms with Gasteiger partial charge in [0.1, 0.15) is 4.70 Å². The van der Waals surface area contributed by atoms with Gasteiger partial charge in [-0.25, -0.2) is 8.42 Å². The van der Waals surface area contributed by atoms with Gasteiger partial charge in [0.25, 0.3) is 11.2 Å². The van der Waals surface area contributed by atoms with Crippen molar-refractivity contribution in [3.63, 3.8) is 0 Å². The highest BCUT2D eigenvalue weighted by molar-refractivity contribution is 7.90. The summed E-state index contributed by atoms with van der Waals surface area (Å²) in [5, 5.41) is 11.8. The molecule has 0 unspecified atom stereocenters. The zero-order valence-corrected chi connectivity index (χ0v) is 20.6. The summed E-state index contributed by atoms with van der Waals surface area (Å²) in [5.74, 6) is -0.975. The topological polar surface area (TPSA) is 114 Å². The average Bonchev–Trinajstić information content (AvgIpc) is 2.78. The predicted molar refractivity (Wildman–Crippen MR) is 126 cm³/mol. The van der Waals surface area contributed by atoms with Gasteiger partial charge in [-0.15, -0.1) is 0 Å². The molecule has 2 aromatic rings. The first-order chi connectivity index (χ1) is 16.3. The Balaban J connectivity index is 1.46. The molecule has 9 nitrogen and oxygen atoms in total. The maximum Gasteiger partial charge on any atom is 0.391 e. The largest absolute Gasteiger partial charge is 0.391 e. The van der Waals surface area contributed by atoms with Crippen molar-refractivity contribution in [2.24, 2.45) is 11.8 Å². The third-order valence-corrected chi connectivity index (χ3v) is 9.01. The second-order valence-electron chi connectivity index (χ2n) is 9.20. The van der Waals surface area contributed by atoms with E-state index in [0.717, 1.165) is 36.3 Å². The first-order valence-electron chi connectivity index (χ1n) is 11.2. The molecule has 4 rings (SSSR count). The van der Waals surface area contributed by atoms with Crippen molar-refractivity contribution in [1.82, 2.24) is 9.88 Å². The number of nitro benzene ring substituents is 1. The summed E-state index contributed by atoms with van der Waals surface area (Å²) >= 11 is 0.974. The van der Waals surface area contributed by atoms with E-state index in [2.05, 4.69) is 9.88 Å². The Morgan fingerprint density at radius 1 is 1.14 bits per heavy atom. The number of non-ortho nitro benzene ring substituents is 1. The first-order valence-corrected chi connectivity index (χ1v) is 13.9. The SMILES string of the molecule is CS(=O)(=O)c1cc([N+](=O)[O-])c2sc(N3CCN(CC4CCC(C(F)(F)F)CC4)CC3)nc(=O)c2c1. The Kier molecular flexibility index (Phi) is 7.08. The molecule has 35 heavy (non-hydrogen) atoms. The summed E-state index contributed by atoms with van der Waals surface area (Å²) in [5.41, 5.74) is -1.19. The fourth-order valence-electron chi connectivity index (χ4n) is 4.76. The van der Waals surface area contributed by atoms with Crippen molar-refractivity contribution in [2.45, 2.75) is 36.8 Å². The van der Waals surface area contributed by atoms with Crippen molar-refractivity contribution in [3.8, 4) is 0 Å². The summed E-state index contributed by atoms with van der Waals surface area (Å²) in [6, 6.07) is 2.08. The number of nitrogens with zero attached hydrogens (tertiary/aromatic N) is 4. The minimum absolute atomic E-state index is 0.0706. The highest BCUT2D eigenvalue weighted by Crippen LogP contribution is 2.40. The van der Waals surface area contributed by atoms with Crippen LogP contribution in [-0.2, 0) is 9.84 Å². The second-order valence-corrected chi connectivity index (χ2v) is 12.2. The lowest BCUT2D eigenvalue weighted by atomic mass is 9.81. The van der Waals surface area contributed by atoms with E-state index >= 15 is 0 Å². The number of hydrogen-bond acceptors (Lipinski definition) is 9. The van der Waals surface area contributed by atoms with Gasteiger partial charge in [0, 0.05) is 45.0 Å². The van der Waals surface area contributed by atoms with Crippen LogP contribution in [0.15, 0.2) is 21.8 Å². The molecule has 0 atom stereocenters. The molecule has 0 bridgehead atoms. The van der Waals surface area contributed by atoms with Gasteiger partial charge >= 0.3 is 6.18 Å². The van der Waals surface area contributed by atoms with Crippen LogP contribution >= 0.6 is 11.3 Å². The van der Waals surface area contributed by atoms with Gasteiger partial charge in [0.15, 0.2) is 15.0 Å². The molecule has 0 radical (unpaired) electrons. The lowest BCUT2D eigenvalue weighted by molar-refractivity contribution is -0.383. The summed E-state index contributed by atoms with van der Waals surface area (Å²) < 4.78 is 62.6.